The zero-order valence-electron chi connectivity index (χ0n) is 18.7. The molecule has 0 radical (unpaired) electrons. The summed E-state index contributed by atoms with van der Waals surface area (Å²) in [5, 5.41) is 0. The Labute approximate surface area is 201 Å². The quantitative estimate of drug-likeness (QED) is 0.219. The Hall–Kier alpha value is -4.48. The van der Waals surface area contributed by atoms with Crippen molar-refractivity contribution < 1.29 is 27.0 Å². The summed E-state index contributed by atoms with van der Waals surface area (Å²) in [5.41, 5.74) is 7.63. The van der Waals surface area contributed by atoms with Gasteiger partial charge in [0.1, 0.15) is 16.8 Å². The number of halogens is 4. The van der Waals surface area contributed by atoms with E-state index in [0.717, 1.165) is 0 Å². The third-order valence-electron chi connectivity index (χ3n) is 5.04. The van der Waals surface area contributed by atoms with E-state index in [-0.39, 0.29) is 28.2 Å². The first-order chi connectivity index (χ1) is 17.3. The van der Waals surface area contributed by atoms with Crippen LogP contribution in [0.25, 0.3) is 27.8 Å². The third kappa shape index (κ3) is 5.27. The van der Waals surface area contributed by atoms with Crippen molar-refractivity contribution >= 4 is 22.9 Å². The minimum Gasteiger partial charge on any atom is -0.470 e. The summed E-state index contributed by atoms with van der Waals surface area (Å²) in [6.45, 7) is -3.92. The van der Waals surface area contributed by atoms with Crippen LogP contribution in [0.2, 0.25) is 0 Å². The summed E-state index contributed by atoms with van der Waals surface area (Å²) >= 11 is 0. The maximum absolute atomic E-state index is 13.7. The highest BCUT2D eigenvalue weighted by molar-refractivity contribution is 5.91. The minimum absolute atomic E-state index is 0.0497. The molecule has 36 heavy (non-hydrogen) atoms. The van der Waals surface area contributed by atoms with Crippen LogP contribution in [0.5, 0.6) is 11.6 Å². The van der Waals surface area contributed by atoms with Crippen LogP contribution >= 0.6 is 0 Å². The highest BCUT2D eigenvalue weighted by Gasteiger charge is 2.18. The monoisotopic (exact) mass is 501 g/mol. The molecule has 0 atom stereocenters. The normalized spacial score (nSPS) is 11.6. The first kappa shape index (κ1) is 24.6. The van der Waals surface area contributed by atoms with Gasteiger partial charge in [-0.15, -0.1) is 0 Å². The predicted molar refractivity (Wildman–Crippen MR) is 127 cm³/mol. The molecule has 0 fully saturated rings. The van der Waals surface area contributed by atoms with Crippen molar-refractivity contribution in [2.45, 2.75) is 13.0 Å². The average molecular weight is 501 g/mol. The molecule has 12 heteroatoms. The molecular formula is C24H19F4N5O3. The number of aliphatic imine (C=N–C) groups is 1. The van der Waals surface area contributed by atoms with E-state index >= 15 is 0 Å². The van der Waals surface area contributed by atoms with Crippen molar-refractivity contribution in [3.8, 4) is 28.4 Å². The van der Waals surface area contributed by atoms with Crippen LogP contribution in [0.1, 0.15) is 5.56 Å². The second kappa shape index (κ2) is 10.4. The number of hydrogen-bond acceptors (Lipinski definition) is 7. The van der Waals surface area contributed by atoms with Crippen LogP contribution in [0.3, 0.4) is 0 Å². The Bertz CT molecular complexity index is 1470. The fourth-order valence-corrected chi connectivity index (χ4v) is 3.50. The summed E-state index contributed by atoms with van der Waals surface area (Å²) in [4.78, 5) is 26.1. The number of hydrogen-bond donors (Lipinski definition) is 1. The molecular weight excluding hydrogens is 482 g/mol. The lowest BCUT2D eigenvalue weighted by Crippen LogP contribution is -2.21. The summed E-state index contributed by atoms with van der Waals surface area (Å²) in [5.74, 6) is -0.309. The SMILES string of the molecule is CN=Cc1cc(-n2cc3ncc(OCC(F)F)nc3c(-c3ccc(OC(F)F)cc3)c2=O)ccc1N. The van der Waals surface area contributed by atoms with Crippen molar-refractivity contribution in [1.29, 1.82) is 0 Å². The second-order valence-corrected chi connectivity index (χ2v) is 7.43. The Kier molecular flexibility index (Phi) is 7.13. The van der Waals surface area contributed by atoms with Gasteiger partial charge in [0.15, 0.2) is 6.61 Å². The van der Waals surface area contributed by atoms with E-state index < -0.39 is 25.2 Å². The van der Waals surface area contributed by atoms with Gasteiger partial charge in [0, 0.05) is 36.4 Å². The van der Waals surface area contributed by atoms with Gasteiger partial charge in [-0.2, -0.15) is 8.78 Å². The van der Waals surface area contributed by atoms with Gasteiger partial charge in [-0.05, 0) is 35.9 Å². The lowest BCUT2D eigenvalue weighted by molar-refractivity contribution is -0.0498. The lowest BCUT2D eigenvalue weighted by Gasteiger charge is -2.14. The number of aromatic nitrogens is 3. The van der Waals surface area contributed by atoms with Crippen molar-refractivity contribution in [2.24, 2.45) is 4.99 Å². The first-order valence-electron chi connectivity index (χ1n) is 10.5. The standard InChI is InChI=1S/C24H19F4N5O3/c1-30-9-14-8-15(4-7-17(14)29)33-11-18-22(32-20(10-31-18)35-12-19(25)26)21(23(33)34)13-2-5-16(6-3-13)36-24(27)28/h2-11,19,24H,12,29H2,1H3. The molecule has 0 bridgehead atoms. The zero-order valence-corrected chi connectivity index (χ0v) is 18.7. The van der Waals surface area contributed by atoms with E-state index in [9.17, 15) is 22.4 Å². The van der Waals surface area contributed by atoms with Gasteiger partial charge < -0.3 is 15.2 Å². The molecule has 4 aromatic rings. The molecule has 0 unspecified atom stereocenters. The van der Waals surface area contributed by atoms with Gasteiger partial charge in [0.05, 0.1) is 11.8 Å². The molecule has 0 amide bonds. The van der Waals surface area contributed by atoms with Gasteiger partial charge >= 0.3 is 6.61 Å². The van der Waals surface area contributed by atoms with E-state index in [1.54, 1.807) is 31.5 Å². The molecule has 2 N–H and O–H groups in total. The lowest BCUT2D eigenvalue weighted by atomic mass is 10.0. The number of nitrogens with two attached hydrogens (primary N) is 1. The molecule has 0 aliphatic heterocycles. The summed E-state index contributed by atoms with van der Waals surface area (Å²) in [7, 11) is 1.58. The number of anilines is 1. The number of nitrogen functional groups attached to an aromatic ring is 1. The molecule has 2 aromatic carbocycles. The fourth-order valence-electron chi connectivity index (χ4n) is 3.50. The van der Waals surface area contributed by atoms with Gasteiger partial charge in [-0.1, -0.05) is 12.1 Å². The maximum Gasteiger partial charge on any atom is 0.387 e. The van der Waals surface area contributed by atoms with E-state index in [2.05, 4.69) is 19.7 Å². The van der Waals surface area contributed by atoms with E-state index in [0.29, 0.717) is 22.5 Å². The molecule has 186 valence electrons. The summed E-state index contributed by atoms with van der Waals surface area (Å²) < 4.78 is 61.0. The Balaban J connectivity index is 1.93. The number of fused-ring (bicyclic) bond motifs is 1. The molecule has 0 aliphatic rings. The van der Waals surface area contributed by atoms with Gasteiger partial charge in [0.25, 0.3) is 12.0 Å². The first-order valence-corrected chi connectivity index (χ1v) is 10.5. The van der Waals surface area contributed by atoms with E-state index in [4.69, 9.17) is 10.5 Å². The van der Waals surface area contributed by atoms with Crippen LogP contribution in [0, 0.1) is 0 Å². The van der Waals surface area contributed by atoms with Crippen molar-refractivity contribution in [3.63, 3.8) is 0 Å². The zero-order chi connectivity index (χ0) is 25.8. The van der Waals surface area contributed by atoms with Crippen molar-refractivity contribution in [2.75, 3.05) is 19.4 Å². The van der Waals surface area contributed by atoms with Crippen molar-refractivity contribution in [1.82, 2.24) is 14.5 Å². The van der Waals surface area contributed by atoms with Crippen molar-refractivity contribution in [3.05, 3.63) is 70.8 Å². The highest BCUT2D eigenvalue weighted by atomic mass is 19.3. The van der Waals surface area contributed by atoms with Gasteiger partial charge in [-0.3, -0.25) is 14.4 Å². The van der Waals surface area contributed by atoms with E-state index in [1.807, 2.05) is 0 Å². The largest absolute Gasteiger partial charge is 0.470 e. The topological polar surface area (TPSA) is 105 Å². The number of nitrogens with zero attached hydrogens (tertiary/aromatic N) is 4. The Morgan fingerprint density at radius 2 is 1.89 bits per heavy atom. The number of benzene rings is 2. The summed E-state index contributed by atoms with van der Waals surface area (Å²) in [6, 6.07) is 10.3. The van der Waals surface area contributed by atoms with Gasteiger partial charge in [0.2, 0.25) is 5.88 Å². The second-order valence-electron chi connectivity index (χ2n) is 7.43. The Morgan fingerprint density at radius 1 is 1.14 bits per heavy atom. The van der Waals surface area contributed by atoms with Crippen LogP contribution in [-0.2, 0) is 0 Å². The molecule has 0 saturated carbocycles. The number of alkyl halides is 4. The molecule has 0 spiro atoms. The van der Waals surface area contributed by atoms with Gasteiger partial charge in [-0.25, -0.2) is 18.7 Å². The molecule has 0 aliphatic carbocycles. The minimum atomic E-state index is -3.02. The number of pyridine rings is 1. The van der Waals surface area contributed by atoms with Crippen LogP contribution in [0.4, 0.5) is 23.2 Å². The third-order valence-corrected chi connectivity index (χ3v) is 5.04. The molecule has 0 saturated heterocycles. The van der Waals surface area contributed by atoms with E-state index in [1.165, 1.54) is 41.2 Å². The maximum atomic E-state index is 13.7. The van der Waals surface area contributed by atoms with Crippen LogP contribution in [0.15, 0.2) is 64.6 Å². The smallest absolute Gasteiger partial charge is 0.387 e. The Morgan fingerprint density at radius 3 is 2.56 bits per heavy atom. The molecule has 2 aromatic heterocycles. The van der Waals surface area contributed by atoms with Crippen LogP contribution < -0.4 is 20.8 Å². The highest BCUT2D eigenvalue weighted by Crippen LogP contribution is 2.28. The molecule has 8 nitrogen and oxygen atoms in total. The molecule has 4 rings (SSSR count). The molecule has 2 heterocycles. The van der Waals surface area contributed by atoms with Crippen LogP contribution in [-0.4, -0.2) is 47.4 Å². The average Bonchev–Trinajstić information content (AvgIpc) is 2.84. The number of rotatable bonds is 8. The fraction of sp³-hybridized carbons (Fsp3) is 0.167. The predicted octanol–water partition coefficient (Wildman–Crippen LogP) is 4.32. The number of ether oxygens (including phenoxy) is 2. The summed E-state index contributed by atoms with van der Waals surface area (Å²) in [6.07, 6.45) is 1.42.